The Balaban J connectivity index is 1.40. The third-order valence-electron chi connectivity index (χ3n) is 7.02. The Labute approximate surface area is 149 Å². The lowest BCUT2D eigenvalue weighted by Crippen LogP contribution is -2.28. The van der Waals surface area contributed by atoms with E-state index in [-0.39, 0.29) is 11.7 Å². The largest absolute Gasteiger partial charge is 0.481 e. The number of carbonyl (C=O) groups excluding carboxylic acids is 1. The van der Waals surface area contributed by atoms with Crippen molar-refractivity contribution in [3.63, 3.8) is 0 Å². The van der Waals surface area contributed by atoms with Gasteiger partial charge in [0.1, 0.15) is 0 Å². The normalized spacial score (nSPS) is 30.2. The molecule has 25 heavy (non-hydrogen) atoms. The summed E-state index contributed by atoms with van der Waals surface area (Å²) in [6.07, 6.45) is 12.0. The van der Waals surface area contributed by atoms with Crippen LogP contribution in [0, 0.1) is 17.8 Å². The molecule has 2 heterocycles. The van der Waals surface area contributed by atoms with Gasteiger partial charge in [-0.15, -0.1) is 0 Å². The van der Waals surface area contributed by atoms with E-state index in [9.17, 15) is 14.7 Å². The van der Waals surface area contributed by atoms with Crippen LogP contribution in [0.5, 0.6) is 0 Å². The number of fused-ring (bicyclic) bond motifs is 1. The first-order valence-electron chi connectivity index (χ1n) is 10.1. The zero-order valence-electron chi connectivity index (χ0n) is 15.0. The molecule has 1 aromatic rings. The van der Waals surface area contributed by atoms with Gasteiger partial charge in [-0.2, -0.15) is 0 Å². The van der Waals surface area contributed by atoms with Crippen molar-refractivity contribution in [1.29, 1.82) is 0 Å². The van der Waals surface area contributed by atoms with Gasteiger partial charge in [0.2, 0.25) is 0 Å². The van der Waals surface area contributed by atoms with Crippen molar-refractivity contribution in [3.8, 4) is 0 Å². The summed E-state index contributed by atoms with van der Waals surface area (Å²) in [6.45, 7) is 0.664. The fourth-order valence-electron chi connectivity index (χ4n) is 5.58. The van der Waals surface area contributed by atoms with Crippen LogP contribution >= 0.6 is 0 Å². The van der Waals surface area contributed by atoms with E-state index in [0.717, 1.165) is 36.1 Å². The Morgan fingerprint density at radius 2 is 1.56 bits per heavy atom. The molecule has 1 atom stereocenters. The number of hydrogen-bond acceptors (Lipinski definition) is 2. The molecule has 4 rings (SSSR count). The van der Waals surface area contributed by atoms with E-state index >= 15 is 0 Å². The minimum absolute atomic E-state index is 0.141. The third-order valence-corrected chi connectivity index (χ3v) is 7.02. The predicted molar refractivity (Wildman–Crippen MR) is 95.8 cm³/mol. The maximum atomic E-state index is 13.0. The van der Waals surface area contributed by atoms with Crippen molar-refractivity contribution in [1.82, 2.24) is 4.57 Å². The minimum atomic E-state index is -0.774. The standard InChI is InChI=1S/C21H29NO3/c23-20(19-11-10-18-17(21(24)25)12-13-22(18)19)16-8-6-15(7-9-16)14-4-2-1-3-5-14/h10-11,14-17H,1-9,12-13H2,(H,24,25). The molecule has 4 heteroatoms. The van der Waals surface area contributed by atoms with Gasteiger partial charge < -0.3 is 9.67 Å². The molecular weight excluding hydrogens is 314 g/mol. The van der Waals surface area contributed by atoms with Crippen LogP contribution in [0.4, 0.5) is 0 Å². The number of ketones is 1. The van der Waals surface area contributed by atoms with Gasteiger partial charge in [-0.3, -0.25) is 9.59 Å². The highest BCUT2D eigenvalue weighted by Crippen LogP contribution is 2.41. The molecule has 1 N–H and O–H groups in total. The molecular formula is C21H29NO3. The van der Waals surface area contributed by atoms with E-state index in [1.165, 1.54) is 44.9 Å². The fourth-order valence-corrected chi connectivity index (χ4v) is 5.58. The zero-order valence-corrected chi connectivity index (χ0v) is 15.0. The van der Waals surface area contributed by atoms with E-state index in [1.54, 1.807) is 0 Å². The Kier molecular flexibility index (Phi) is 4.70. The molecule has 0 spiro atoms. The van der Waals surface area contributed by atoms with Gasteiger partial charge in [-0.05, 0) is 56.1 Å². The molecule has 0 bridgehead atoms. The number of nitrogens with zero attached hydrogens (tertiary/aromatic N) is 1. The molecule has 0 saturated heterocycles. The van der Waals surface area contributed by atoms with Crippen LogP contribution in [0.1, 0.15) is 86.3 Å². The van der Waals surface area contributed by atoms with Gasteiger partial charge in [0.25, 0.3) is 0 Å². The van der Waals surface area contributed by atoms with Crippen molar-refractivity contribution in [2.75, 3.05) is 0 Å². The van der Waals surface area contributed by atoms with Gasteiger partial charge >= 0.3 is 5.97 Å². The van der Waals surface area contributed by atoms with Crippen molar-refractivity contribution in [2.45, 2.75) is 76.7 Å². The van der Waals surface area contributed by atoms with Gasteiger partial charge in [0, 0.05) is 18.2 Å². The SMILES string of the molecule is O=C(c1ccc2n1CCC2C(=O)O)C1CCC(C2CCCCC2)CC1. The van der Waals surface area contributed by atoms with Gasteiger partial charge in [0.15, 0.2) is 5.78 Å². The molecule has 2 saturated carbocycles. The molecule has 2 fully saturated rings. The number of Topliss-reactive ketones (excluding diaryl/α,β-unsaturated/α-hetero) is 1. The second-order valence-corrected chi connectivity index (χ2v) is 8.35. The monoisotopic (exact) mass is 343 g/mol. The van der Waals surface area contributed by atoms with Crippen molar-refractivity contribution in [2.24, 2.45) is 17.8 Å². The van der Waals surface area contributed by atoms with E-state index < -0.39 is 11.9 Å². The minimum Gasteiger partial charge on any atom is -0.481 e. The summed E-state index contributed by atoms with van der Waals surface area (Å²) < 4.78 is 1.97. The van der Waals surface area contributed by atoms with Crippen LogP contribution < -0.4 is 0 Å². The third kappa shape index (κ3) is 3.16. The van der Waals surface area contributed by atoms with E-state index in [4.69, 9.17) is 0 Å². The van der Waals surface area contributed by atoms with E-state index in [2.05, 4.69) is 0 Å². The van der Waals surface area contributed by atoms with Crippen molar-refractivity contribution < 1.29 is 14.7 Å². The Bertz CT molecular complexity index is 648. The Hall–Kier alpha value is -1.58. The summed E-state index contributed by atoms with van der Waals surface area (Å²) in [5.74, 6) is 0.909. The lowest BCUT2D eigenvalue weighted by molar-refractivity contribution is -0.138. The summed E-state index contributed by atoms with van der Waals surface area (Å²) in [5, 5.41) is 9.31. The number of carbonyl (C=O) groups is 2. The smallest absolute Gasteiger partial charge is 0.312 e. The van der Waals surface area contributed by atoms with Crippen LogP contribution in [0.15, 0.2) is 12.1 Å². The molecule has 3 aliphatic rings. The lowest BCUT2D eigenvalue weighted by atomic mass is 9.70. The quantitative estimate of drug-likeness (QED) is 0.811. The molecule has 4 nitrogen and oxygen atoms in total. The molecule has 1 unspecified atom stereocenters. The van der Waals surface area contributed by atoms with Gasteiger partial charge in [0.05, 0.1) is 11.6 Å². The van der Waals surface area contributed by atoms with E-state index in [0.29, 0.717) is 13.0 Å². The second kappa shape index (κ2) is 6.97. The average molecular weight is 343 g/mol. The van der Waals surface area contributed by atoms with Crippen LogP contribution in [-0.4, -0.2) is 21.4 Å². The van der Waals surface area contributed by atoms with Crippen LogP contribution in [-0.2, 0) is 11.3 Å². The van der Waals surface area contributed by atoms with Gasteiger partial charge in [-0.25, -0.2) is 0 Å². The second-order valence-electron chi connectivity index (χ2n) is 8.35. The lowest BCUT2D eigenvalue weighted by Gasteiger charge is -2.35. The summed E-state index contributed by atoms with van der Waals surface area (Å²) in [4.78, 5) is 24.3. The molecule has 1 aliphatic heterocycles. The topological polar surface area (TPSA) is 59.3 Å². The summed E-state index contributed by atoms with van der Waals surface area (Å²) in [5.41, 5.74) is 1.56. The molecule has 1 aromatic heterocycles. The molecule has 0 amide bonds. The number of carboxylic acids is 1. The number of aliphatic carboxylic acids is 1. The number of carboxylic acid groups (broad SMARTS) is 1. The van der Waals surface area contributed by atoms with Gasteiger partial charge in [-0.1, -0.05) is 32.1 Å². The summed E-state index contributed by atoms with van der Waals surface area (Å²) >= 11 is 0. The highest BCUT2D eigenvalue weighted by molar-refractivity contribution is 5.97. The highest BCUT2D eigenvalue weighted by atomic mass is 16.4. The fraction of sp³-hybridized carbons (Fsp3) is 0.714. The molecule has 0 radical (unpaired) electrons. The van der Waals surface area contributed by atoms with Crippen LogP contribution in [0.25, 0.3) is 0 Å². The number of hydrogen-bond donors (Lipinski definition) is 1. The summed E-state index contributed by atoms with van der Waals surface area (Å²) in [7, 11) is 0. The molecule has 2 aliphatic carbocycles. The Morgan fingerprint density at radius 3 is 2.24 bits per heavy atom. The van der Waals surface area contributed by atoms with Crippen molar-refractivity contribution >= 4 is 11.8 Å². The number of aromatic nitrogens is 1. The first kappa shape index (κ1) is 16.9. The van der Waals surface area contributed by atoms with Crippen LogP contribution in [0.2, 0.25) is 0 Å². The first-order chi connectivity index (χ1) is 12.1. The number of rotatable bonds is 4. The predicted octanol–water partition coefficient (Wildman–Crippen LogP) is 4.63. The van der Waals surface area contributed by atoms with Crippen molar-refractivity contribution in [3.05, 3.63) is 23.5 Å². The first-order valence-corrected chi connectivity index (χ1v) is 10.1. The maximum Gasteiger partial charge on any atom is 0.312 e. The molecule has 0 aromatic carbocycles. The zero-order chi connectivity index (χ0) is 17.4. The summed E-state index contributed by atoms with van der Waals surface area (Å²) in [6, 6.07) is 3.71. The maximum absolute atomic E-state index is 13.0. The average Bonchev–Trinajstić information content (AvgIpc) is 3.24. The molecule has 136 valence electrons. The van der Waals surface area contributed by atoms with Crippen LogP contribution in [0.3, 0.4) is 0 Å². The highest BCUT2D eigenvalue weighted by Gasteiger charge is 2.35. The van der Waals surface area contributed by atoms with E-state index in [1.807, 2.05) is 16.7 Å². The Morgan fingerprint density at radius 1 is 0.880 bits per heavy atom.